The summed E-state index contributed by atoms with van der Waals surface area (Å²) in [5.74, 6) is -3.19. The fourth-order valence-electron chi connectivity index (χ4n) is 1.10. The van der Waals surface area contributed by atoms with Crippen LogP contribution in [0.2, 0.25) is 0 Å². The summed E-state index contributed by atoms with van der Waals surface area (Å²) in [5.41, 5.74) is 0.580. The van der Waals surface area contributed by atoms with E-state index in [-0.39, 0.29) is 6.61 Å². The Balaban J connectivity index is 2.63. The van der Waals surface area contributed by atoms with E-state index in [1.54, 1.807) is 12.1 Å². The molecule has 2 unspecified atom stereocenters. The zero-order chi connectivity index (χ0) is 12.8. The van der Waals surface area contributed by atoms with Crippen LogP contribution in [0.25, 0.3) is 0 Å². The van der Waals surface area contributed by atoms with Crippen molar-refractivity contribution in [3.05, 3.63) is 30.1 Å². The summed E-state index contributed by atoms with van der Waals surface area (Å²) < 4.78 is 4.84. The standard InChI is InChI=1S/C10H11NO6/c12-7(9(13)14)8(10(15)16)17-5-6-2-1-3-11-4-6/h1-4,7-8,12H,5H2,(H,13,14)(H,15,16). The summed E-state index contributed by atoms with van der Waals surface area (Å²) in [4.78, 5) is 24.9. The molecule has 1 aromatic rings. The van der Waals surface area contributed by atoms with Crippen LogP contribution in [0.4, 0.5) is 0 Å². The highest BCUT2D eigenvalue weighted by molar-refractivity contribution is 5.83. The van der Waals surface area contributed by atoms with Gasteiger partial charge in [0.05, 0.1) is 6.61 Å². The average Bonchev–Trinajstić information content (AvgIpc) is 2.29. The number of aliphatic hydroxyl groups is 1. The Labute approximate surface area is 96.3 Å². The van der Waals surface area contributed by atoms with E-state index in [4.69, 9.17) is 20.1 Å². The maximum atomic E-state index is 10.7. The number of pyridine rings is 1. The number of aliphatic hydroxyl groups excluding tert-OH is 1. The first kappa shape index (κ1) is 13.1. The molecule has 1 rings (SSSR count). The molecule has 7 heteroatoms. The van der Waals surface area contributed by atoms with E-state index in [0.717, 1.165) is 0 Å². The van der Waals surface area contributed by atoms with Crippen LogP contribution in [0, 0.1) is 0 Å². The zero-order valence-electron chi connectivity index (χ0n) is 8.68. The molecule has 92 valence electrons. The fourth-order valence-corrected chi connectivity index (χ4v) is 1.10. The summed E-state index contributed by atoms with van der Waals surface area (Å²) in [5, 5.41) is 26.3. The fraction of sp³-hybridized carbons (Fsp3) is 0.300. The van der Waals surface area contributed by atoms with Crippen molar-refractivity contribution in [1.29, 1.82) is 0 Å². The van der Waals surface area contributed by atoms with E-state index >= 15 is 0 Å². The van der Waals surface area contributed by atoms with E-state index in [2.05, 4.69) is 4.98 Å². The van der Waals surface area contributed by atoms with Gasteiger partial charge in [0.2, 0.25) is 0 Å². The van der Waals surface area contributed by atoms with Gasteiger partial charge in [0.15, 0.2) is 12.2 Å². The van der Waals surface area contributed by atoms with E-state index in [1.165, 1.54) is 12.4 Å². The first-order valence-corrected chi connectivity index (χ1v) is 4.66. The number of nitrogens with zero attached hydrogens (tertiary/aromatic N) is 1. The van der Waals surface area contributed by atoms with Gasteiger partial charge < -0.3 is 20.1 Å². The average molecular weight is 241 g/mol. The van der Waals surface area contributed by atoms with Gasteiger partial charge in [-0.15, -0.1) is 0 Å². The molecule has 1 heterocycles. The number of aliphatic carboxylic acids is 2. The molecule has 0 aliphatic heterocycles. The lowest BCUT2D eigenvalue weighted by atomic mass is 10.2. The molecule has 7 nitrogen and oxygen atoms in total. The normalized spacial score (nSPS) is 13.9. The van der Waals surface area contributed by atoms with Crippen molar-refractivity contribution in [2.75, 3.05) is 0 Å². The smallest absolute Gasteiger partial charge is 0.336 e. The van der Waals surface area contributed by atoms with Crippen LogP contribution in [-0.4, -0.2) is 44.5 Å². The van der Waals surface area contributed by atoms with Gasteiger partial charge in [0, 0.05) is 12.4 Å². The van der Waals surface area contributed by atoms with Gasteiger partial charge >= 0.3 is 11.9 Å². The molecule has 0 bridgehead atoms. The number of carbonyl (C=O) groups is 2. The predicted octanol–water partition coefficient (Wildman–Crippen LogP) is -0.503. The number of hydrogen-bond acceptors (Lipinski definition) is 5. The quantitative estimate of drug-likeness (QED) is 0.614. The van der Waals surface area contributed by atoms with E-state index in [1.807, 2.05) is 0 Å². The van der Waals surface area contributed by atoms with Crippen LogP contribution in [0.3, 0.4) is 0 Å². The molecule has 17 heavy (non-hydrogen) atoms. The minimum absolute atomic E-state index is 0.144. The van der Waals surface area contributed by atoms with Crippen LogP contribution in [0.1, 0.15) is 5.56 Å². The highest BCUT2D eigenvalue weighted by atomic mass is 16.5. The van der Waals surface area contributed by atoms with Gasteiger partial charge in [-0.05, 0) is 11.6 Å². The van der Waals surface area contributed by atoms with Gasteiger partial charge in [0.25, 0.3) is 0 Å². The second-order valence-electron chi connectivity index (χ2n) is 3.21. The SMILES string of the molecule is O=C(O)C(O)C(OCc1cccnc1)C(=O)O. The van der Waals surface area contributed by atoms with Gasteiger partial charge in [-0.2, -0.15) is 0 Å². The van der Waals surface area contributed by atoms with Crippen molar-refractivity contribution in [2.45, 2.75) is 18.8 Å². The van der Waals surface area contributed by atoms with Crippen LogP contribution in [-0.2, 0) is 20.9 Å². The maximum Gasteiger partial charge on any atom is 0.336 e. The van der Waals surface area contributed by atoms with Crippen molar-refractivity contribution in [3.63, 3.8) is 0 Å². The zero-order valence-corrected chi connectivity index (χ0v) is 8.68. The molecule has 0 spiro atoms. The third kappa shape index (κ3) is 3.82. The molecule has 0 fully saturated rings. The van der Waals surface area contributed by atoms with E-state index in [9.17, 15) is 9.59 Å². The highest BCUT2D eigenvalue weighted by Crippen LogP contribution is 2.06. The number of aromatic nitrogens is 1. The molecular formula is C10H11NO6. The maximum absolute atomic E-state index is 10.7. The Hall–Kier alpha value is -1.99. The second-order valence-corrected chi connectivity index (χ2v) is 3.21. The molecule has 2 atom stereocenters. The van der Waals surface area contributed by atoms with Crippen LogP contribution in [0.5, 0.6) is 0 Å². The number of rotatable bonds is 6. The van der Waals surface area contributed by atoms with Gasteiger partial charge in [-0.1, -0.05) is 6.07 Å². The van der Waals surface area contributed by atoms with Crippen molar-refractivity contribution in [3.8, 4) is 0 Å². The second kappa shape index (κ2) is 5.92. The third-order valence-corrected chi connectivity index (χ3v) is 1.94. The Morgan fingerprint density at radius 1 is 1.35 bits per heavy atom. The summed E-state index contributed by atoms with van der Waals surface area (Å²) in [7, 11) is 0. The van der Waals surface area contributed by atoms with E-state index in [0.29, 0.717) is 5.56 Å². The van der Waals surface area contributed by atoms with Crippen LogP contribution in [0.15, 0.2) is 24.5 Å². The van der Waals surface area contributed by atoms with Crippen LogP contribution < -0.4 is 0 Å². The number of hydrogen-bond donors (Lipinski definition) is 3. The molecule has 0 aromatic carbocycles. The minimum Gasteiger partial charge on any atom is -0.479 e. The lowest BCUT2D eigenvalue weighted by Gasteiger charge is -2.16. The number of carboxylic acid groups (broad SMARTS) is 2. The molecule has 0 saturated carbocycles. The number of carboxylic acids is 2. The largest absolute Gasteiger partial charge is 0.479 e. The Kier molecular flexibility index (Phi) is 4.56. The van der Waals surface area contributed by atoms with Crippen molar-refractivity contribution in [1.82, 2.24) is 4.98 Å². The molecule has 0 amide bonds. The van der Waals surface area contributed by atoms with Crippen molar-refractivity contribution >= 4 is 11.9 Å². The first-order chi connectivity index (χ1) is 8.02. The highest BCUT2D eigenvalue weighted by Gasteiger charge is 2.32. The Morgan fingerprint density at radius 3 is 2.53 bits per heavy atom. The predicted molar refractivity (Wildman–Crippen MR) is 54.1 cm³/mol. The van der Waals surface area contributed by atoms with Crippen LogP contribution >= 0.6 is 0 Å². The molecule has 0 aliphatic carbocycles. The van der Waals surface area contributed by atoms with Gasteiger partial charge in [0.1, 0.15) is 0 Å². The summed E-state index contributed by atoms with van der Waals surface area (Å²) in [6, 6.07) is 3.27. The monoisotopic (exact) mass is 241 g/mol. The Bertz CT molecular complexity index is 393. The van der Waals surface area contributed by atoms with Gasteiger partial charge in [-0.3, -0.25) is 4.98 Å². The first-order valence-electron chi connectivity index (χ1n) is 4.66. The molecule has 0 saturated heterocycles. The number of ether oxygens (including phenoxy) is 1. The molecular weight excluding hydrogens is 230 g/mol. The molecule has 1 aromatic heterocycles. The van der Waals surface area contributed by atoms with Gasteiger partial charge in [-0.25, -0.2) is 9.59 Å². The van der Waals surface area contributed by atoms with E-state index < -0.39 is 24.1 Å². The topological polar surface area (TPSA) is 117 Å². The summed E-state index contributed by atoms with van der Waals surface area (Å²) >= 11 is 0. The lowest BCUT2D eigenvalue weighted by molar-refractivity contribution is -0.172. The summed E-state index contributed by atoms with van der Waals surface area (Å²) in [6.45, 7) is -0.144. The lowest BCUT2D eigenvalue weighted by Crippen LogP contribution is -2.41. The molecule has 0 radical (unpaired) electrons. The Morgan fingerprint density at radius 2 is 2.06 bits per heavy atom. The van der Waals surface area contributed by atoms with Crippen molar-refractivity contribution < 1.29 is 29.6 Å². The third-order valence-electron chi connectivity index (χ3n) is 1.94. The van der Waals surface area contributed by atoms with Crippen molar-refractivity contribution in [2.24, 2.45) is 0 Å². The summed E-state index contributed by atoms with van der Waals surface area (Å²) in [6.07, 6.45) is -0.937. The minimum atomic E-state index is -2.11. The molecule has 3 N–H and O–H groups in total. The molecule has 0 aliphatic rings.